The SMILES string of the molecule is Nc1ccc(C(=O)N2CCC[C@@]3(CCC(=O)N(CCc4ccccc4)C3)C2)cn1. The van der Waals surface area contributed by atoms with Crippen LogP contribution in [-0.2, 0) is 11.2 Å². The second kappa shape index (κ2) is 8.23. The summed E-state index contributed by atoms with van der Waals surface area (Å²) in [4.78, 5) is 33.5. The Morgan fingerprint density at radius 2 is 1.93 bits per heavy atom. The predicted molar refractivity (Wildman–Crippen MR) is 112 cm³/mol. The van der Waals surface area contributed by atoms with Crippen LogP contribution in [0.2, 0.25) is 0 Å². The van der Waals surface area contributed by atoms with Crippen LogP contribution < -0.4 is 5.73 Å². The first-order valence-electron chi connectivity index (χ1n) is 10.4. The van der Waals surface area contributed by atoms with Gasteiger partial charge in [0.05, 0.1) is 5.56 Å². The van der Waals surface area contributed by atoms with Crippen LogP contribution in [0.3, 0.4) is 0 Å². The molecule has 29 heavy (non-hydrogen) atoms. The maximum atomic E-state index is 13.0. The molecule has 0 radical (unpaired) electrons. The molecule has 2 aromatic rings. The van der Waals surface area contributed by atoms with Crippen LogP contribution >= 0.6 is 0 Å². The minimum atomic E-state index is -0.000253. The lowest BCUT2D eigenvalue weighted by molar-refractivity contribution is -0.138. The number of pyridine rings is 1. The van der Waals surface area contributed by atoms with E-state index in [9.17, 15) is 9.59 Å². The number of nitrogens with zero attached hydrogens (tertiary/aromatic N) is 3. The Hall–Kier alpha value is -2.89. The van der Waals surface area contributed by atoms with E-state index in [1.165, 1.54) is 5.56 Å². The van der Waals surface area contributed by atoms with Crippen LogP contribution in [-0.4, -0.2) is 52.8 Å². The Morgan fingerprint density at radius 3 is 2.69 bits per heavy atom. The largest absolute Gasteiger partial charge is 0.384 e. The van der Waals surface area contributed by atoms with E-state index in [1.54, 1.807) is 18.3 Å². The number of piperidine rings is 2. The summed E-state index contributed by atoms with van der Waals surface area (Å²) in [7, 11) is 0. The van der Waals surface area contributed by atoms with Crippen molar-refractivity contribution in [1.29, 1.82) is 0 Å². The van der Waals surface area contributed by atoms with Crippen molar-refractivity contribution in [2.45, 2.75) is 32.1 Å². The Morgan fingerprint density at radius 1 is 1.10 bits per heavy atom. The van der Waals surface area contributed by atoms with Gasteiger partial charge in [-0.3, -0.25) is 9.59 Å². The molecule has 2 fully saturated rings. The van der Waals surface area contributed by atoms with Gasteiger partial charge in [0.25, 0.3) is 5.91 Å². The van der Waals surface area contributed by atoms with Gasteiger partial charge in [-0.05, 0) is 43.4 Å². The van der Waals surface area contributed by atoms with Crippen molar-refractivity contribution >= 4 is 17.6 Å². The lowest BCUT2D eigenvalue weighted by Crippen LogP contribution is -2.55. The number of rotatable bonds is 4. The van der Waals surface area contributed by atoms with Gasteiger partial charge in [-0.1, -0.05) is 30.3 Å². The lowest BCUT2D eigenvalue weighted by atomic mass is 9.73. The molecule has 3 heterocycles. The molecule has 1 aromatic heterocycles. The molecule has 2 N–H and O–H groups in total. The minimum absolute atomic E-state index is 0.000253. The van der Waals surface area contributed by atoms with Gasteiger partial charge in [-0.25, -0.2) is 4.98 Å². The number of hydrogen-bond acceptors (Lipinski definition) is 4. The molecule has 1 spiro atoms. The van der Waals surface area contributed by atoms with E-state index < -0.39 is 0 Å². The van der Waals surface area contributed by atoms with E-state index in [1.807, 2.05) is 28.0 Å². The van der Waals surface area contributed by atoms with E-state index in [2.05, 4.69) is 17.1 Å². The van der Waals surface area contributed by atoms with Crippen LogP contribution in [0.1, 0.15) is 41.6 Å². The third-order valence-electron chi connectivity index (χ3n) is 6.24. The maximum Gasteiger partial charge on any atom is 0.255 e. The first-order valence-corrected chi connectivity index (χ1v) is 10.4. The highest BCUT2D eigenvalue weighted by Gasteiger charge is 2.42. The highest BCUT2D eigenvalue weighted by Crippen LogP contribution is 2.39. The van der Waals surface area contributed by atoms with E-state index in [0.29, 0.717) is 24.3 Å². The van der Waals surface area contributed by atoms with Crippen LogP contribution in [0.5, 0.6) is 0 Å². The predicted octanol–water partition coefficient (Wildman–Crippen LogP) is 2.75. The molecular formula is C23H28N4O2. The van der Waals surface area contributed by atoms with Crippen molar-refractivity contribution in [3.63, 3.8) is 0 Å². The monoisotopic (exact) mass is 392 g/mol. The zero-order valence-electron chi connectivity index (χ0n) is 16.7. The fraction of sp³-hybridized carbons (Fsp3) is 0.435. The number of carbonyl (C=O) groups is 2. The Labute approximate surface area is 171 Å². The number of anilines is 1. The fourth-order valence-electron chi connectivity index (χ4n) is 4.64. The summed E-state index contributed by atoms with van der Waals surface area (Å²) in [5.41, 5.74) is 7.46. The summed E-state index contributed by atoms with van der Waals surface area (Å²) in [5.74, 6) is 0.651. The van der Waals surface area contributed by atoms with E-state index in [-0.39, 0.29) is 17.2 Å². The van der Waals surface area contributed by atoms with Gasteiger partial charge in [0.1, 0.15) is 5.82 Å². The molecule has 2 saturated heterocycles. The van der Waals surface area contributed by atoms with Crippen molar-refractivity contribution in [3.05, 3.63) is 59.8 Å². The summed E-state index contributed by atoms with van der Waals surface area (Å²) < 4.78 is 0. The fourth-order valence-corrected chi connectivity index (χ4v) is 4.64. The van der Waals surface area contributed by atoms with E-state index in [0.717, 1.165) is 45.3 Å². The smallest absolute Gasteiger partial charge is 0.255 e. The molecule has 1 aromatic carbocycles. The number of hydrogen-bond donors (Lipinski definition) is 1. The van der Waals surface area contributed by atoms with Gasteiger partial charge < -0.3 is 15.5 Å². The second-order valence-electron chi connectivity index (χ2n) is 8.35. The molecule has 2 aliphatic rings. The standard InChI is InChI=1S/C23H28N4O2/c24-20-8-7-19(15-25-20)22(29)27-13-4-11-23(17-27)12-9-21(28)26(16-23)14-10-18-5-2-1-3-6-18/h1-3,5-8,15H,4,9-14,16-17H2,(H2,24,25)/t23-/m0/s1. The van der Waals surface area contributed by atoms with Crippen LogP contribution in [0, 0.1) is 5.41 Å². The molecule has 0 bridgehead atoms. The van der Waals surface area contributed by atoms with Crippen molar-refractivity contribution in [1.82, 2.24) is 14.8 Å². The van der Waals surface area contributed by atoms with Crippen molar-refractivity contribution in [2.24, 2.45) is 5.41 Å². The van der Waals surface area contributed by atoms with Gasteiger partial charge >= 0.3 is 0 Å². The minimum Gasteiger partial charge on any atom is -0.384 e. The molecule has 2 amide bonds. The molecule has 4 rings (SSSR count). The summed E-state index contributed by atoms with van der Waals surface area (Å²) in [6.45, 7) is 2.93. The molecule has 2 aliphatic heterocycles. The van der Waals surface area contributed by atoms with Gasteiger partial charge in [0, 0.05) is 44.2 Å². The highest BCUT2D eigenvalue weighted by molar-refractivity contribution is 5.94. The number of nitrogens with two attached hydrogens (primary N) is 1. The third-order valence-corrected chi connectivity index (χ3v) is 6.24. The molecule has 0 aliphatic carbocycles. The summed E-state index contributed by atoms with van der Waals surface area (Å²) >= 11 is 0. The van der Waals surface area contributed by atoms with Crippen LogP contribution in [0.15, 0.2) is 48.7 Å². The van der Waals surface area contributed by atoms with Gasteiger partial charge in [0.2, 0.25) is 5.91 Å². The topological polar surface area (TPSA) is 79.5 Å². The number of nitrogen functional groups attached to an aromatic ring is 1. The molecule has 152 valence electrons. The summed E-state index contributed by atoms with van der Waals surface area (Å²) in [6, 6.07) is 13.7. The van der Waals surface area contributed by atoms with Crippen molar-refractivity contribution in [3.8, 4) is 0 Å². The normalized spacial score (nSPS) is 22.1. The van der Waals surface area contributed by atoms with Gasteiger partial charge in [-0.2, -0.15) is 0 Å². The molecule has 0 saturated carbocycles. The van der Waals surface area contributed by atoms with Crippen molar-refractivity contribution in [2.75, 3.05) is 31.9 Å². The molecular weight excluding hydrogens is 364 g/mol. The van der Waals surface area contributed by atoms with Gasteiger partial charge in [-0.15, -0.1) is 0 Å². The first-order chi connectivity index (χ1) is 14.0. The third kappa shape index (κ3) is 4.42. The average molecular weight is 393 g/mol. The first kappa shape index (κ1) is 19.4. The van der Waals surface area contributed by atoms with E-state index >= 15 is 0 Å². The van der Waals surface area contributed by atoms with Gasteiger partial charge in [0.15, 0.2) is 0 Å². The molecule has 1 atom stereocenters. The lowest BCUT2D eigenvalue weighted by Gasteiger charge is -2.48. The Kier molecular flexibility index (Phi) is 5.51. The van der Waals surface area contributed by atoms with Crippen LogP contribution in [0.4, 0.5) is 5.82 Å². The zero-order valence-corrected chi connectivity index (χ0v) is 16.7. The summed E-state index contributed by atoms with van der Waals surface area (Å²) in [6.07, 6.45) is 5.87. The highest BCUT2D eigenvalue weighted by atomic mass is 16.2. The van der Waals surface area contributed by atoms with Crippen molar-refractivity contribution < 1.29 is 9.59 Å². The number of benzene rings is 1. The maximum absolute atomic E-state index is 13.0. The van der Waals surface area contributed by atoms with E-state index in [4.69, 9.17) is 5.73 Å². The number of likely N-dealkylation sites (tertiary alicyclic amines) is 2. The quantitative estimate of drug-likeness (QED) is 0.868. The average Bonchev–Trinajstić information content (AvgIpc) is 2.75. The molecule has 0 unspecified atom stereocenters. The Bertz CT molecular complexity index is 868. The van der Waals surface area contributed by atoms with Crippen LogP contribution in [0.25, 0.3) is 0 Å². The zero-order chi connectivity index (χ0) is 20.3. The molecule has 6 heteroatoms. The second-order valence-corrected chi connectivity index (χ2v) is 8.35. The number of amides is 2. The number of carbonyl (C=O) groups excluding carboxylic acids is 2. The Balaban J connectivity index is 1.43. The summed E-state index contributed by atoms with van der Waals surface area (Å²) in [5, 5.41) is 0. The number of aromatic nitrogens is 1. The molecule has 6 nitrogen and oxygen atoms in total.